The van der Waals surface area contributed by atoms with E-state index in [2.05, 4.69) is 50.3 Å². The molecule has 0 aromatic heterocycles. The Bertz CT molecular complexity index is 103. The Balaban J connectivity index is 3.73. The van der Waals surface area contributed by atoms with E-state index < -0.39 is 0 Å². The van der Waals surface area contributed by atoms with E-state index in [9.17, 15) is 0 Å². The van der Waals surface area contributed by atoms with Crippen molar-refractivity contribution < 1.29 is 4.74 Å². The van der Waals surface area contributed by atoms with Crippen LogP contribution in [0.1, 0.15) is 53.4 Å². The highest BCUT2D eigenvalue weighted by Gasteiger charge is 2.12. The summed E-state index contributed by atoms with van der Waals surface area (Å²) in [7, 11) is 0. The van der Waals surface area contributed by atoms with E-state index in [1.54, 1.807) is 0 Å². The van der Waals surface area contributed by atoms with Gasteiger partial charge in [0, 0.05) is 0 Å². The van der Waals surface area contributed by atoms with Gasteiger partial charge in [0.25, 0.3) is 0 Å². The summed E-state index contributed by atoms with van der Waals surface area (Å²) >= 11 is 2.33. The second-order valence-electron chi connectivity index (χ2n) is 4.07. The first-order valence-corrected chi connectivity index (χ1v) is 6.60. The first kappa shape index (κ1) is 13.7. The lowest BCUT2D eigenvalue weighted by Gasteiger charge is -2.21. The molecule has 0 saturated carbocycles. The lowest BCUT2D eigenvalue weighted by Crippen LogP contribution is -2.18. The second kappa shape index (κ2) is 8.04. The van der Waals surface area contributed by atoms with Crippen molar-refractivity contribution in [3.05, 3.63) is 0 Å². The molecule has 0 aliphatic heterocycles. The van der Waals surface area contributed by atoms with E-state index in [-0.39, 0.29) is 0 Å². The fourth-order valence-corrected chi connectivity index (χ4v) is 1.88. The average Bonchev–Trinajstić information content (AvgIpc) is 1.98. The second-order valence-corrected chi connectivity index (χ2v) is 5.83. The first-order valence-electron chi connectivity index (χ1n) is 5.35. The molecule has 0 aliphatic rings. The van der Waals surface area contributed by atoms with Crippen LogP contribution in [-0.4, -0.2) is 10.2 Å². The third-order valence-corrected chi connectivity index (χ3v) is 2.29. The Labute approximate surface area is 96.8 Å². The molecule has 0 fully saturated rings. The first-order chi connectivity index (χ1) is 6.06. The van der Waals surface area contributed by atoms with Gasteiger partial charge in [-0.25, -0.2) is 0 Å². The molecular formula is C11H23IO. The monoisotopic (exact) mass is 298 g/mol. The number of ether oxygens (including phenoxy) is 1. The standard InChI is InChI=1S/C11H23IO/c1-5-6-7-11(8-9(2)3)13-10(4)12/h9-11H,5-8H2,1-4H3. The van der Waals surface area contributed by atoms with Gasteiger partial charge in [0.2, 0.25) is 0 Å². The molecule has 0 heterocycles. The van der Waals surface area contributed by atoms with Gasteiger partial charge in [-0.2, -0.15) is 0 Å². The van der Waals surface area contributed by atoms with Gasteiger partial charge in [-0.05, 0) is 25.7 Å². The third-order valence-electron chi connectivity index (χ3n) is 1.99. The maximum absolute atomic E-state index is 5.85. The highest BCUT2D eigenvalue weighted by atomic mass is 127. The SMILES string of the molecule is CCCCC(CC(C)C)OC(C)I. The van der Waals surface area contributed by atoms with Gasteiger partial charge in [-0.1, -0.05) is 56.2 Å². The summed E-state index contributed by atoms with van der Waals surface area (Å²) in [5.41, 5.74) is 0. The minimum absolute atomic E-state index is 0.346. The van der Waals surface area contributed by atoms with Gasteiger partial charge < -0.3 is 4.74 Å². The Morgan fingerprint density at radius 1 is 1.23 bits per heavy atom. The highest BCUT2D eigenvalue weighted by molar-refractivity contribution is 14.1. The highest BCUT2D eigenvalue weighted by Crippen LogP contribution is 2.18. The molecule has 13 heavy (non-hydrogen) atoms. The normalized spacial score (nSPS) is 16.2. The zero-order chi connectivity index (χ0) is 10.3. The fraction of sp³-hybridized carbons (Fsp3) is 1.00. The van der Waals surface area contributed by atoms with E-state index in [0.29, 0.717) is 10.2 Å². The van der Waals surface area contributed by atoms with Crippen LogP contribution in [0.3, 0.4) is 0 Å². The van der Waals surface area contributed by atoms with E-state index in [1.807, 2.05) is 0 Å². The van der Waals surface area contributed by atoms with E-state index >= 15 is 0 Å². The summed E-state index contributed by atoms with van der Waals surface area (Å²) in [5, 5.41) is 0. The van der Waals surface area contributed by atoms with Crippen LogP contribution in [0.2, 0.25) is 0 Å². The molecule has 0 saturated heterocycles. The molecule has 80 valence electrons. The molecular weight excluding hydrogens is 275 g/mol. The largest absolute Gasteiger partial charge is 0.365 e. The van der Waals surface area contributed by atoms with Crippen LogP contribution in [0.4, 0.5) is 0 Å². The Morgan fingerprint density at radius 2 is 1.85 bits per heavy atom. The summed E-state index contributed by atoms with van der Waals surface area (Å²) in [5.74, 6) is 0.747. The Hall–Kier alpha value is 0.690. The molecule has 0 aromatic rings. The number of unbranched alkanes of at least 4 members (excludes halogenated alkanes) is 1. The number of rotatable bonds is 7. The van der Waals surface area contributed by atoms with Gasteiger partial charge in [0.15, 0.2) is 0 Å². The van der Waals surface area contributed by atoms with E-state index in [0.717, 1.165) is 5.92 Å². The van der Waals surface area contributed by atoms with Gasteiger partial charge in [0.1, 0.15) is 4.11 Å². The topological polar surface area (TPSA) is 9.23 Å². The van der Waals surface area contributed by atoms with Crippen molar-refractivity contribution in [3.8, 4) is 0 Å². The van der Waals surface area contributed by atoms with Crippen LogP contribution < -0.4 is 0 Å². The number of alkyl halides is 1. The number of hydrogen-bond acceptors (Lipinski definition) is 1. The van der Waals surface area contributed by atoms with Crippen LogP contribution in [0.5, 0.6) is 0 Å². The quantitative estimate of drug-likeness (QED) is 0.500. The molecule has 2 heteroatoms. The van der Waals surface area contributed by atoms with E-state index in [4.69, 9.17) is 4.74 Å². The van der Waals surface area contributed by atoms with Gasteiger partial charge in [-0.15, -0.1) is 0 Å². The lowest BCUT2D eigenvalue weighted by molar-refractivity contribution is 0.0311. The zero-order valence-corrected chi connectivity index (χ0v) is 11.5. The molecule has 0 aliphatic carbocycles. The smallest absolute Gasteiger partial charge is 0.106 e. The van der Waals surface area contributed by atoms with Crippen LogP contribution in [0, 0.1) is 5.92 Å². The summed E-state index contributed by atoms with van der Waals surface area (Å²) in [6.45, 7) is 8.88. The predicted molar refractivity (Wildman–Crippen MR) is 67.3 cm³/mol. The zero-order valence-electron chi connectivity index (χ0n) is 9.35. The Kier molecular flexibility index (Phi) is 8.46. The van der Waals surface area contributed by atoms with Crippen molar-refractivity contribution in [3.63, 3.8) is 0 Å². The molecule has 0 radical (unpaired) electrons. The van der Waals surface area contributed by atoms with E-state index in [1.165, 1.54) is 25.7 Å². The molecule has 1 nitrogen and oxygen atoms in total. The number of halogens is 1. The molecule has 0 N–H and O–H groups in total. The summed E-state index contributed by atoms with van der Waals surface area (Å²) in [6.07, 6.45) is 5.47. The van der Waals surface area contributed by atoms with Gasteiger partial charge >= 0.3 is 0 Å². The molecule has 0 aromatic carbocycles. The Morgan fingerprint density at radius 3 is 2.23 bits per heavy atom. The van der Waals surface area contributed by atoms with Crippen molar-refractivity contribution in [1.82, 2.24) is 0 Å². The fourth-order valence-electron chi connectivity index (χ4n) is 1.46. The van der Waals surface area contributed by atoms with Crippen molar-refractivity contribution in [2.24, 2.45) is 5.92 Å². The predicted octanol–water partition coefficient (Wildman–Crippen LogP) is 4.39. The molecule has 0 bridgehead atoms. The molecule has 0 spiro atoms. The number of hydrogen-bond donors (Lipinski definition) is 0. The summed E-state index contributed by atoms with van der Waals surface area (Å²) in [4.78, 5) is 0. The third kappa shape index (κ3) is 9.01. The minimum atomic E-state index is 0.346. The maximum atomic E-state index is 5.85. The van der Waals surface area contributed by atoms with Crippen molar-refractivity contribution in [1.29, 1.82) is 0 Å². The molecule has 2 atom stereocenters. The molecule has 2 unspecified atom stereocenters. The summed E-state index contributed by atoms with van der Waals surface area (Å²) < 4.78 is 6.20. The van der Waals surface area contributed by atoms with Crippen molar-refractivity contribution >= 4 is 22.6 Å². The molecule has 0 amide bonds. The lowest BCUT2D eigenvalue weighted by atomic mass is 10.0. The van der Waals surface area contributed by atoms with Crippen LogP contribution in [-0.2, 0) is 4.74 Å². The summed E-state index contributed by atoms with van der Waals surface area (Å²) in [6, 6.07) is 0. The van der Waals surface area contributed by atoms with Crippen LogP contribution in [0.25, 0.3) is 0 Å². The van der Waals surface area contributed by atoms with Crippen LogP contribution >= 0.6 is 22.6 Å². The van der Waals surface area contributed by atoms with Crippen molar-refractivity contribution in [2.75, 3.05) is 0 Å². The van der Waals surface area contributed by atoms with Crippen molar-refractivity contribution in [2.45, 2.75) is 63.6 Å². The minimum Gasteiger partial charge on any atom is -0.365 e. The van der Waals surface area contributed by atoms with Crippen LogP contribution in [0.15, 0.2) is 0 Å². The van der Waals surface area contributed by atoms with Gasteiger partial charge in [0.05, 0.1) is 6.10 Å². The molecule has 0 rings (SSSR count). The van der Waals surface area contributed by atoms with Gasteiger partial charge in [-0.3, -0.25) is 0 Å². The average molecular weight is 298 g/mol. The maximum Gasteiger partial charge on any atom is 0.106 e.